The summed E-state index contributed by atoms with van der Waals surface area (Å²) in [6.45, 7) is 1.92. The Labute approximate surface area is 194 Å². The van der Waals surface area contributed by atoms with Crippen LogP contribution in [0.25, 0.3) is 10.6 Å². The number of carbonyl (C=O) groups is 2. The molecule has 4 aromatic rings. The third kappa shape index (κ3) is 5.39. The standard InChI is InChI=1S/C24H21N3O5S/c1-15-21(33-24(25-15)16-8-10-17(30-2)11-9-16)23(29)27-26-22(28)20-13-12-19(32-20)14-31-18-6-4-3-5-7-18/h3-13H,14H2,1-2H3,(H,26,28)(H,27,29). The highest BCUT2D eigenvalue weighted by molar-refractivity contribution is 7.17. The van der Waals surface area contributed by atoms with Crippen LogP contribution in [0.2, 0.25) is 0 Å². The molecule has 0 atom stereocenters. The van der Waals surface area contributed by atoms with Crippen LogP contribution in [0, 0.1) is 6.92 Å². The summed E-state index contributed by atoms with van der Waals surface area (Å²) in [5.41, 5.74) is 6.21. The lowest BCUT2D eigenvalue weighted by atomic mass is 10.2. The molecule has 2 heterocycles. The van der Waals surface area contributed by atoms with Crippen molar-refractivity contribution in [1.29, 1.82) is 0 Å². The maximum absolute atomic E-state index is 12.6. The number of methoxy groups -OCH3 is 1. The number of aromatic nitrogens is 1. The molecule has 0 aliphatic rings. The quantitative estimate of drug-likeness (QED) is 0.395. The van der Waals surface area contributed by atoms with Gasteiger partial charge in [0, 0.05) is 5.56 Å². The fourth-order valence-electron chi connectivity index (χ4n) is 2.94. The van der Waals surface area contributed by atoms with E-state index in [1.165, 1.54) is 17.4 Å². The van der Waals surface area contributed by atoms with Gasteiger partial charge in [-0.3, -0.25) is 20.4 Å². The predicted octanol–water partition coefficient (Wildman–Crippen LogP) is 4.37. The van der Waals surface area contributed by atoms with Crippen LogP contribution in [0.1, 0.15) is 31.7 Å². The topological polar surface area (TPSA) is 103 Å². The maximum Gasteiger partial charge on any atom is 0.305 e. The van der Waals surface area contributed by atoms with Crippen LogP contribution in [0.5, 0.6) is 11.5 Å². The van der Waals surface area contributed by atoms with Crippen molar-refractivity contribution in [3.63, 3.8) is 0 Å². The van der Waals surface area contributed by atoms with Crippen molar-refractivity contribution < 1.29 is 23.5 Å². The van der Waals surface area contributed by atoms with Crippen LogP contribution in [-0.2, 0) is 6.61 Å². The molecule has 8 nitrogen and oxygen atoms in total. The summed E-state index contributed by atoms with van der Waals surface area (Å²) in [6, 6.07) is 19.8. The third-order valence-electron chi connectivity index (χ3n) is 4.64. The molecule has 0 unspecified atom stereocenters. The maximum atomic E-state index is 12.6. The minimum absolute atomic E-state index is 0.0573. The van der Waals surface area contributed by atoms with E-state index in [1.807, 2.05) is 54.6 Å². The Morgan fingerprint density at radius 2 is 1.67 bits per heavy atom. The van der Waals surface area contributed by atoms with E-state index in [-0.39, 0.29) is 12.4 Å². The molecule has 0 spiro atoms. The van der Waals surface area contributed by atoms with E-state index in [0.717, 1.165) is 11.3 Å². The summed E-state index contributed by atoms with van der Waals surface area (Å²) < 4.78 is 16.3. The Hall–Kier alpha value is -4.11. The average Bonchev–Trinajstić information content (AvgIpc) is 3.49. The predicted molar refractivity (Wildman–Crippen MR) is 123 cm³/mol. The smallest absolute Gasteiger partial charge is 0.305 e. The first-order chi connectivity index (χ1) is 16.0. The minimum Gasteiger partial charge on any atom is -0.497 e. The number of carbonyl (C=O) groups excluding carboxylic acids is 2. The number of rotatable bonds is 7. The number of amides is 2. The summed E-state index contributed by atoms with van der Waals surface area (Å²) in [6.07, 6.45) is 0. The fourth-order valence-corrected chi connectivity index (χ4v) is 3.91. The van der Waals surface area contributed by atoms with Gasteiger partial charge >= 0.3 is 5.91 Å². The Morgan fingerprint density at radius 3 is 2.39 bits per heavy atom. The van der Waals surface area contributed by atoms with Crippen molar-refractivity contribution in [2.24, 2.45) is 0 Å². The number of nitrogens with one attached hydrogen (secondary N) is 2. The van der Waals surface area contributed by atoms with E-state index in [1.54, 1.807) is 20.1 Å². The van der Waals surface area contributed by atoms with Crippen LogP contribution < -0.4 is 20.3 Å². The molecule has 2 amide bonds. The zero-order valence-electron chi connectivity index (χ0n) is 18.0. The molecule has 2 N–H and O–H groups in total. The molecule has 0 bridgehead atoms. The Balaban J connectivity index is 1.33. The van der Waals surface area contributed by atoms with Gasteiger partial charge in [-0.15, -0.1) is 11.3 Å². The van der Waals surface area contributed by atoms with Crippen molar-refractivity contribution >= 4 is 23.2 Å². The summed E-state index contributed by atoms with van der Waals surface area (Å²) in [7, 11) is 1.60. The number of benzene rings is 2. The second kappa shape index (κ2) is 10.0. The summed E-state index contributed by atoms with van der Waals surface area (Å²) in [4.78, 5) is 29.8. The minimum atomic E-state index is -0.577. The number of furan rings is 1. The number of hydrogen-bond donors (Lipinski definition) is 2. The van der Waals surface area contributed by atoms with Crippen molar-refractivity contribution in [2.45, 2.75) is 13.5 Å². The molecule has 0 fully saturated rings. The molecular formula is C24H21N3O5S. The number of hydrazine groups is 1. The Bertz CT molecular complexity index is 1250. The average molecular weight is 464 g/mol. The van der Waals surface area contributed by atoms with Crippen molar-refractivity contribution in [3.05, 3.63) is 88.8 Å². The van der Waals surface area contributed by atoms with Gasteiger partial charge in [-0.1, -0.05) is 18.2 Å². The summed E-state index contributed by atoms with van der Waals surface area (Å²) >= 11 is 1.24. The Morgan fingerprint density at radius 1 is 0.939 bits per heavy atom. The molecular weight excluding hydrogens is 442 g/mol. The second-order valence-electron chi connectivity index (χ2n) is 6.94. The largest absolute Gasteiger partial charge is 0.497 e. The number of ether oxygens (including phenoxy) is 2. The zero-order valence-corrected chi connectivity index (χ0v) is 18.8. The normalized spacial score (nSPS) is 10.5. The first-order valence-electron chi connectivity index (χ1n) is 10.0. The lowest BCUT2D eigenvalue weighted by molar-refractivity contribution is 0.0830. The number of thiazole rings is 1. The van der Waals surface area contributed by atoms with Crippen LogP contribution in [-0.4, -0.2) is 23.9 Å². The number of aryl methyl sites for hydroxylation is 1. The van der Waals surface area contributed by atoms with E-state index in [2.05, 4.69) is 15.8 Å². The lowest BCUT2D eigenvalue weighted by Crippen LogP contribution is -2.41. The van der Waals surface area contributed by atoms with Gasteiger partial charge in [-0.25, -0.2) is 4.98 Å². The monoisotopic (exact) mass is 463 g/mol. The zero-order chi connectivity index (χ0) is 23.2. The first-order valence-corrected chi connectivity index (χ1v) is 10.8. The molecule has 168 valence electrons. The lowest BCUT2D eigenvalue weighted by Gasteiger charge is -2.05. The molecule has 33 heavy (non-hydrogen) atoms. The van der Waals surface area contributed by atoms with Crippen LogP contribution in [0.15, 0.2) is 71.1 Å². The first kappa shape index (κ1) is 22.1. The highest BCUT2D eigenvalue weighted by Crippen LogP contribution is 2.29. The van der Waals surface area contributed by atoms with Gasteiger partial charge in [-0.05, 0) is 55.5 Å². The van der Waals surface area contributed by atoms with Gasteiger partial charge in [0.1, 0.15) is 33.8 Å². The van der Waals surface area contributed by atoms with Gasteiger partial charge in [0.05, 0.1) is 12.8 Å². The van der Waals surface area contributed by atoms with Gasteiger partial charge in [-0.2, -0.15) is 0 Å². The number of hydrogen-bond acceptors (Lipinski definition) is 7. The molecule has 2 aromatic carbocycles. The van der Waals surface area contributed by atoms with E-state index < -0.39 is 11.8 Å². The highest BCUT2D eigenvalue weighted by atomic mass is 32.1. The Kier molecular flexibility index (Phi) is 6.70. The number of nitrogens with zero attached hydrogens (tertiary/aromatic N) is 1. The van der Waals surface area contributed by atoms with E-state index >= 15 is 0 Å². The van der Waals surface area contributed by atoms with Crippen LogP contribution >= 0.6 is 11.3 Å². The highest BCUT2D eigenvalue weighted by Gasteiger charge is 2.18. The van der Waals surface area contributed by atoms with Gasteiger partial charge < -0.3 is 13.9 Å². The SMILES string of the molecule is COc1ccc(-c2nc(C)c(C(=O)NNC(=O)c3ccc(COc4ccccc4)o3)s2)cc1. The van der Waals surface area contributed by atoms with E-state index in [0.29, 0.717) is 27.1 Å². The molecule has 9 heteroatoms. The van der Waals surface area contributed by atoms with Gasteiger partial charge in [0.25, 0.3) is 5.91 Å². The fraction of sp³-hybridized carbons (Fsp3) is 0.125. The molecule has 2 aromatic heterocycles. The van der Waals surface area contributed by atoms with Crippen molar-refractivity contribution in [3.8, 4) is 22.1 Å². The van der Waals surface area contributed by atoms with Crippen molar-refractivity contribution in [2.75, 3.05) is 7.11 Å². The van der Waals surface area contributed by atoms with E-state index in [9.17, 15) is 9.59 Å². The van der Waals surface area contributed by atoms with Crippen LogP contribution in [0.3, 0.4) is 0 Å². The van der Waals surface area contributed by atoms with Gasteiger partial charge in [0.2, 0.25) is 0 Å². The second-order valence-corrected chi connectivity index (χ2v) is 7.94. The van der Waals surface area contributed by atoms with Crippen molar-refractivity contribution in [1.82, 2.24) is 15.8 Å². The number of para-hydroxylation sites is 1. The van der Waals surface area contributed by atoms with Gasteiger partial charge in [0.15, 0.2) is 5.76 Å². The summed E-state index contributed by atoms with van der Waals surface area (Å²) in [5, 5.41) is 0.695. The molecule has 0 radical (unpaired) electrons. The molecule has 0 aliphatic carbocycles. The molecule has 4 rings (SSSR count). The molecule has 0 aliphatic heterocycles. The summed E-state index contributed by atoms with van der Waals surface area (Å²) in [5.74, 6) is 0.936. The molecule has 0 saturated heterocycles. The van der Waals surface area contributed by atoms with E-state index in [4.69, 9.17) is 13.9 Å². The molecule has 0 saturated carbocycles. The van der Waals surface area contributed by atoms with Crippen LogP contribution in [0.4, 0.5) is 0 Å². The third-order valence-corrected chi connectivity index (χ3v) is 5.84.